The maximum absolute atomic E-state index is 2.54. The Morgan fingerprint density at radius 2 is 0.962 bits per heavy atom. The molecule has 0 amide bonds. The second-order valence-corrected chi connectivity index (χ2v) is 11.9. The van der Waals surface area contributed by atoms with Crippen LogP contribution in [-0.4, -0.2) is 0 Å². The van der Waals surface area contributed by atoms with Gasteiger partial charge in [-0.15, -0.1) is 0 Å². The topological polar surface area (TPSA) is 0 Å². The summed E-state index contributed by atoms with van der Waals surface area (Å²) in [4.78, 5) is 0. The van der Waals surface area contributed by atoms with Crippen molar-refractivity contribution in [3.8, 4) is 0 Å². The van der Waals surface area contributed by atoms with E-state index in [0.717, 1.165) is 8.27 Å². The molecule has 0 radical (unpaired) electrons. The molecule has 0 fully saturated rings. The summed E-state index contributed by atoms with van der Waals surface area (Å²) in [7, 11) is 1.19. The van der Waals surface area contributed by atoms with Crippen LogP contribution in [0.5, 0.6) is 0 Å². The van der Waals surface area contributed by atoms with E-state index < -0.39 is 0 Å². The molecule has 1 unspecified atom stereocenters. The van der Waals surface area contributed by atoms with Crippen LogP contribution >= 0.6 is 16.5 Å². The van der Waals surface area contributed by atoms with Gasteiger partial charge in [-0.1, -0.05) is 6.92 Å². The molecular weight excluding hydrogens is 350 g/mol. The Morgan fingerprint density at radius 1 is 0.538 bits per heavy atom. The van der Waals surface area contributed by atoms with E-state index >= 15 is 0 Å². The SMILES string of the molecule is CCCCCCCCCC/C=C/P[PH3]/C=C/CCCCCCCCCC. The van der Waals surface area contributed by atoms with Gasteiger partial charge in [0.05, 0.1) is 0 Å². The molecule has 0 aliphatic heterocycles. The number of hydrogen-bond acceptors (Lipinski definition) is 0. The third-order valence-electron chi connectivity index (χ3n) is 5.09. The van der Waals surface area contributed by atoms with Crippen molar-refractivity contribution in [1.29, 1.82) is 0 Å². The molecule has 1 atom stereocenters. The minimum atomic E-state index is 0.0622. The Balaban J connectivity index is 3.14. The van der Waals surface area contributed by atoms with Gasteiger partial charge in [0.2, 0.25) is 0 Å². The Bertz CT molecular complexity index is 267. The Labute approximate surface area is 169 Å². The summed E-state index contributed by atoms with van der Waals surface area (Å²) >= 11 is 0. The monoisotopic (exact) mass is 400 g/mol. The summed E-state index contributed by atoms with van der Waals surface area (Å²) in [6, 6.07) is 0. The molecule has 0 N–H and O–H groups in total. The van der Waals surface area contributed by atoms with Gasteiger partial charge in [0.1, 0.15) is 0 Å². The normalized spacial score (nSPS) is 12.5. The molecule has 26 heavy (non-hydrogen) atoms. The first-order chi connectivity index (χ1) is 12.9. The third kappa shape index (κ3) is 24.3. The predicted molar refractivity (Wildman–Crippen MR) is 132 cm³/mol. The van der Waals surface area contributed by atoms with E-state index in [0.29, 0.717) is 0 Å². The molecule has 0 nitrogen and oxygen atoms in total. The van der Waals surface area contributed by atoms with E-state index in [1.54, 1.807) is 0 Å². The molecule has 0 spiro atoms. The van der Waals surface area contributed by atoms with Gasteiger partial charge >= 0.3 is 163 Å². The van der Waals surface area contributed by atoms with Gasteiger partial charge in [-0.3, -0.25) is 0 Å². The van der Waals surface area contributed by atoms with Crippen molar-refractivity contribution in [2.45, 2.75) is 129 Å². The quantitative estimate of drug-likeness (QED) is 0.133. The van der Waals surface area contributed by atoms with Crippen LogP contribution in [0.1, 0.15) is 129 Å². The van der Waals surface area contributed by atoms with Crippen molar-refractivity contribution in [3.63, 3.8) is 0 Å². The third-order valence-corrected chi connectivity index (χ3v) is 8.48. The van der Waals surface area contributed by atoms with Gasteiger partial charge in [0.15, 0.2) is 0 Å². The standard InChI is InChI=1S/C24H50P2/c1-3-5-7-9-11-13-15-17-19-21-23-25-26-24-22-20-18-16-14-12-10-8-6-4-2/h21-25H,3-20H2,1-2,26H3/b23-21+,24-22+. The molecule has 0 aromatic carbocycles. The average Bonchev–Trinajstić information content (AvgIpc) is 2.66. The molecule has 0 aromatic rings. The number of hydrogen-bond donors (Lipinski definition) is 0. The van der Waals surface area contributed by atoms with E-state index in [1.165, 1.54) is 116 Å². The molecule has 0 aliphatic rings. The van der Waals surface area contributed by atoms with Crippen molar-refractivity contribution >= 4 is 16.5 Å². The summed E-state index contributed by atoms with van der Waals surface area (Å²) < 4.78 is 0. The fraction of sp³-hybridized carbons (Fsp3) is 0.833. The molecule has 0 heterocycles. The molecule has 0 aromatic heterocycles. The number of rotatable bonds is 21. The number of allylic oxidation sites excluding steroid dienone is 2. The minimum absolute atomic E-state index is 0.0622. The predicted octanol–water partition coefficient (Wildman–Crippen LogP) is 9.81. The molecule has 0 rings (SSSR count). The molecule has 0 saturated carbocycles. The Morgan fingerprint density at radius 3 is 1.46 bits per heavy atom. The molecule has 0 aliphatic carbocycles. The van der Waals surface area contributed by atoms with Crippen LogP contribution in [0.15, 0.2) is 23.8 Å². The molecular formula is C24H50P2. The summed E-state index contributed by atoms with van der Waals surface area (Å²) in [6.07, 6.45) is 30.5. The zero-order chi connectivity index (χ0) is 19.0. The second-order valence-electron chi connectivity index (χ2n) is 7.81. The summed E-state index contributed by atoms with van der Waals surface area (Å²) in [5, 5.41) is 0. The van der Waals surface area contributed by atoms with E-state index in [2.05, 4.69) is 37.6 Å². The molecule has 156 valence electrons. The van der Waals surface area contributed by atoms with Crippen LogP contribution in [0.3, 0.4) is 0 Å². The fourth-order valence-corrected chi connectivity index (χ4v) is 6.12. The molecule has 0 saturated heterocycles. The van der Waals surface area contributed by atoms with Crippen molar-refractivity contribution in [3.05, 3.63) is 23.8 Å². The number of unbranched alkanes of at least 4 members (excludes halogenated alkanes) is 16. The van der Waals surface area contributed by atoms with Crippen LogP contribution in [0.2, 0.25) is 0 Å². The van der Waals surface area contributed by atoms with Crippen LogP contribution < -0.4 is 0 Å². The van der Waals surface area contributed by atoms with Gasteiger partial charge < -0.3 is 0 Å². The first kappa shape index (κ1) is 26.3. The van der Waals surface area contributed by atoms with Gasteiger partial charge in [0, 0.05) is 0 Å². The van der Waals surface area contributed by atoms with E-state index in [9.17, 15) is 0 Å². The first-order valence-corrected chi connectivity index (χ1v) is 16.2. The van der Waals surface area contributed by atoms with Crippen LogP contribution in [0, 0.1) is 0 Å². The average molecular weight is 401 g/mol. The second kappa shape index (κ2) is 25.3. The Hall–Kier alpha value is 0.340. The van der Waals surface area contributed by atoms with Crippen molar-refractivity contribution in [2.24, 2.45) is 0 Å². The zero-order valence-electron chi connectivity index (χ0n) is 18.2. The zero-order valence-corrected chi connectivity index (χ0v) is 20.7. The van der Waals surface area contributed by atoms with Crippen molar-refractivity contribution in [2.75, 3.05) is 0 Å². The molecule has 2 heteroatoms. The van der Waals surface area contributed by atoms with Crippen LogP contribution in [0.25, 0.3) is 0 Å². The fourth-order valence-electron chi connectivity index (χ4n) is 3.30. The van der Waals surface area contributed by atoms with Crippen LogP contribution in [-0.2, 0) is 0 Å². The van der Waals surface area contributed by atoms with Crippen LogP contribution in [0.4, 0.5) is 0 Å². The first-order valence-electron chi connectivity index (χ1n) is 11.9. The van der Waals surface area contributed by atoms with Gasteiger partial charge in [-0.2, -0.15) is 0 Å². The van der Waals surface area contributed by atoms with Crippen molar-refractivity contribution in [1.82, 2.24) is 0 Å². The Kier molecular flexibility index (Phi) is 25.7. The summed E-state index contributed by atoms with van der Waals surface area (Å²) in [5.74, 6) is 5.02. The van der Waals surface area contributed by atoms with E-state index in [-0.39, 0.29) is 8.27 Å². The maximum atomic E-state index is 2.54. The molecule has 0 bridgehead atoms. The van der Waals surface area contributed by atoms with E-state index in [4.69, 9.17) is 0 Å². The van der Waals surface area contributed by atoms with E-state index in [1.807, 2.05) is 0 Å². The summed E-state index contributed by atoms with van der Waals surface area (Å²) in [5.41, 5.74) is 0. The van der Waals surface area contributed by atoms with Gasteiger partial charge in [0.25, 0.3) is 0 Å². The van der Waals surface area contributed by atoms with Gasteiger partial charge in [-0.25, -0.2) is 0 Å². The van der Waals surface area contributed by atoms with Crippen molar-refractivity contribution < 1.29 is 0 Å². The summed E-state index contributed by atoms with van der Waals surface area (Å²) in [6.45, 7) is 4.59. The van der Waals surface area contributed by atoms with Gasteiger partial charge in [-0.05, 0) is 0 Å².